The molecule has 0 radical (unpaired) electrons. The predicted molar refractivity (Wildman–Crippen MR) is 88.9 cm³/mol. The number of nitrogens with zero attached hydrogens (tertiary/aromatic N) is 3. The molecule has 116 valence electrons. The van der Waals surface area contributed by atoms with Crippen molar-refractivity contribution in [1.82, 2.24) is 15.0 Å². The van der Waals surface area contributed by atoms with Crippen molar-refractivity contribution in [1.29, 1.82) is 0 Å². The first-order chi connectivity index (χ1) is 11.2. The Hall–Kier alpha value is -2.89. The molecule has 4 rings (SSSR count). The van der Waals surface area contributed by atoms with E-state index in [4.69, 9.17) is 10.7 Å². The van der Waals surface area contributed by atoms with Gasteiger partial charge in [-0.25, -0.2) is 9.97 Å². The molecule has 3 aromatic rings. The van der Waals surface area contributed by atoms with Gasteiger partial charge in [-0.3, -0.25) is 4.79 Å². The molecule has 1 unspecified atom stereocenters. The molecular formula is C17H17N5O. The quantitative estimate of drug-likeness (QED) is 0.775. The van der Waals surface area contributed by atoms with Crippen molar-refractivity contribution in [3.8, 4) is 11.4 Å². The summed E-state index contributed by atoms with van der Waals surface area (Å²) in [7, 11) is 0. The van der Waals surface area contributed by atoms with Crippen LogP contribution in [-0.2, 0) is 4.79 Å². The molecule has 1 aliphatic rings. The summed E-state index contributed by atoms with van der Waals surface area (Å²) in [5.74, 6) is 1.12. The Morgan fingerprint density at radius 3 is 2.83 bits per heavy atom. The monoisotopic (exact) mass is 307 g/mol. The topological polar surface area (TPSA) is 87.9 Å². The standard InChI is InChI=1S/C17H17N5O/c18-14(23)13-7-4-10-22(13)17-12-8-9-19-16(12)20-15(21-17)11-5-2-1-3-6-11/h1-3,5-6,8-9,13H,4,7,10H2,(H2,18,23)(H,19,20,21). The van der Waals surface area contributed by atoms with Gasteiger partial charge < -0.3 is 15.6 Å². The van der Waals surface area contributed by atoms with Crippen LogP contribution >= 0.6 is 0 Å². The average molecular weight is 307 g/mol. The van der Waals surface area contributed by atoms with Gasteiger partial charge in [0, 0.05) is 18.3 Å². The smallest absolute Gasteiger partial charge is 0.240 e. The zero-order chi connectivity index (χ0) is 15.8. The number of H-pyrrole nitrogens is 1. The maximum Gasteiger partial charge on any atom is 0.240 e. The van der Waals surface area contributed by atoms with Crippen LogP contribution in [0.4, 0.5) is 5.82 Å². The Morgan fingerprint density at radius 2 is 2.04 bits per heavy atom. The Morgan fingerprint density at radius 1 is 1.22 bits per heavy atom. The number of primary amides is 1. The third-order valence-corrected chi connectivity index (χ3v) is 4.28. The number of nitrogens with one attached hydrogen (secondary N) is 1. The Kier molecular flexibility index (Phi) is 3.22. The van der Waals surface area contributed by atoms with Gasteiger partial charge in [0.25, 0.3) is 0 Å². The maximum absolute atomic E-state index is 11.7. The molecule has 3 N–H and O–H groups in total. The van der Waals surface area contributed by atoms with Crippen molar-refractivity contribution in [2.75, 3.05) is 11.4 Å². The summed E-state index contributed by atoms with van der Waals surface area (Å²) in [6.45, 7) is 0.777. The molecule has 23 heavy (non-hydrogen) atoms. The zero-order valence-corrected chi connectivity index (χ0v) is 12.6. The number of rotatable bonds is 3. The fourth-order valence-electron chi connectivity index (χ4n) is 3.18. The van der Waals surface area contributed by atoms with Gasteiger partial charge in [0.2, 0.25) is 5.91 Å². The number of aromatic nitrogens is 3. The molecule has 1 fully saturated rings. The van der Waals surface area contributed by atoms with Crippen LogP contribution in [0.2, 0.25) is 0 Å². The van der Waals surface area contributed by atoms with Crippen LogP contribution < -0.4 is 10.6 Å². The molecule has 1 atom stereocenters. The van der Waals surface area contributed by atoms with E-state index in [1.165, 1.54) is 0 Å². The molecule has 3 heterocycles. The van der Waals surface area contributed by atoms with Crippen molar-refractivity contribution >= 4 is 22.8 Å². The third-order valence-electron chi connectivity index (χ3n) is 4.28. The number of amides is 1. The lowest BCUT2D eigenvalue weighted by molar-refractivity contribution is -0.119. The molecule has 1 amide bonds. The van der Waals surface area contributed by atoms with Crippen molar-refractivity contribution in [2.45, 2.75) is 18.9 Å². The van der Waals surface area contributed by atoms with Crippen LogP contribution in [0.15, 0.2) is 42.6 Å². The van der Waals surface area contributed by atoms with Crippen LogP contribution in [0, 0.1) is 0 Å². The molecule has 0 bridgehead atoms. The van der Waals surface area contributed by atoms with Crippen molar-refractivity contribution < 1.29 is 4.79 Å². The number of fused-ring (bicyclic) bond motifs is 1. The Bertz CT molecular complexity index is 858. The Labute approximate surface area is 133 Å². The van der Waals surface area contributed by atoms with E-state index in [1.807, 2.05) is 47.5 Å². The van der Waals surface area contributed by atoms with Gasteiger partial charge in [-0.1, -0.05) is 30.3 Å². The molecule has 1 aliphatic heterocycles. The summed E-state index contributed by atoms with van der Waals surface area (Å²) in [6.07, 6.45) is 3.54. The highest BCUT2D eigenvalue weighted by molar-refractivity contribution is 5.92. The van der Waals surface area contributed by atoms with E-state index in [1.54, 1.807) is 0 Å². The van der Waals surface area contributed by atoms with Crippen LogP contribution in [0.5, 0.6) is 0 Å². The Balaban J connectivity index is 1.88. The maximum atomic E-state index is 11.7. The van der Waals surface area contributed by atoms with Gasteiger partial charge in [-0.15, -0.1) is 0 Å². The number of hydrogen-bond donors (Lipinski definition) is 2. The highest BCUT2D eigenvalue weighted by Gasteiger charge is 2.31. The van der Waals surface area contributed by atoms with Crippen molar-refractivity contribution in [3.63, 3.8) is 0 Å². The van der Waals surface area contributed by atoms with Gasteiger partial charge in [-0.2, -0.15) is 0 Å². The van der Waals surface area contributed by atoms with E-state index < -0.39 is 0 Å². The van der Waals surface area contributed by atoms with E-state index in [0.29, 0.717) is 5.82 Å². The fraction of sp³-hybridized carbons (Fsp3) is 0.235. The molecule has 6 nitrogen and oxygen atoms in total. The molecule has 0 aliphatic carbocycles. The summed E-state index contributed by atoms with van der Waals surface area (Å²) in [6, 6.07) is 11.5. The molecule has 0 spiro atoms. The van der Waals surface area contributed by atoms with E-state index in [2.05, 4.69) is 9.97 Å². The predicted octanol–water partition coefficient (Wildman–Crippen LogP) is 2.08. The van der Waals surface area contributed by atoms with E-state index >= 15 is 0 Å². The largest absolute Gasteiger partial charge is 0.368 e. The van der Waals surface area contributed by atoms with Gasteiger partial charge in [-0.05, 0) is 18.9 Å². The average Bonchev–Trinajstić information content (AvgIpc) is 3.23. The second-order valence-electron chi connectivity index (χ2n) is 5.73. The second-order valence-corrected chi connectivity index (χ2v) is 5.73. The summed E-state index contributed by atoms with van der Waals surface area (Å²) in [5.41, 5.74) is 7.27. The molecule has 2 aromatic heterocycles. The van der Waals surface area contributed by atoms with E-state index in [0.717, 1.165) is 41.8 Å². The number of carbonyl (C=O) groups is 1. The zero-order valence-electron chi connectivity index (χ0n) is 12.6. The number of aromatic amines is 1. The summed E-state index contributed by atoms with van der Waals surface area (Å²) >= 11 is 0. The minimum absolute atomic E-state index is 0.299. The van der Waals surface area contributed by atoms with Crippen LogP contribution in [0.3, 0.4) is 0 Å². The normalized spacial score (nSPS) is 17.7. The number of benzene rings is 1. The SMILES string of the molecule is NC(=O)C1CCCN1c1nc(-c2ccccc2)nc2[nH]ccc12. The van der Waals surface area contributed by atoms with E-state index in [-0.39, 0.29) is 11.9 Å². The number of hydrogen-bond acceptors (Lipinski definition) is 4. The first kappa shape index (κ1) is 13.8. The number of anilines is 1. The van der Waals surface area contributed by atoms with Crippen molar-refractivity contribution in [2.24, 2.45) is 5.73 Å². The minimum Gasteiger partial charge on any atom is -0.368 e. The number of nitrogens with two attached hydrogens (primary N) is 1. The third kappa shape index (κ3) is 2.32. The summed E-state index contributed by atoms with van der Waals surface area (Å²) in [5, 5.41) is 0.915. The minimum atomic E-state index is -0.300. The van der Waals surface area contributed by atoms with Gasteiger partial charge in [0.15, 0.2) is 5.82 Å². The van der Waals surface area contributed by atoms with Gasteiger partial charge >= 0.3 is 0 Å². The lowest BCUT2D eigenvalue weighted by atomic mass is 10.2. The lowest BCUT2D eigenvalue weighted by Crippen LogP contribution is -2.40. The second kappa shape index (κ2) is 5.39. The van der Waals surface area contributed by atoms with Crippen molar-refractivity contribution in [3.05, 3.63) is 42.6 Å². The van der Waals surface area contributed by atoms with E-state index in [9.17, 15) is 4.79 Å². The molecule has 1 saturated heterocycles. The van der Waals surface area contributed by atoms with Gasteiger partial charge in [0.1, 0.15) is 17.5 Å². The van der Waals surface area contributed by atoms with Crippen LogP contribution in [0.25, 0.3) is 22.4 Å². The molecule has 1 aromatic carbocycles. The number of carbonyl (C=O) groups excluding carboxylic acids is 1. The summed E-state index contributed by atoms with van der Waals surface area (Å²) < 4.78 is 0. The molecule has 6 heteroatoms. The van der Waals surface area contributed by atoms with Crippen LogP contribution in [0.1, 0.15) is 12.8 Å². The summed E-state index contributed by atoms with van der Waals surface area (Å²) in [4.78, 5) is 26.2. The highest BCUT2D eigenvalue weighted by Crippen LogP contribution is 2.31. The van der Waals surface area contributed by atoms with Crippen LogP contribution in [-0.4, -0.2) is 33.4 Å². The first-order valence-corrected chi connectivity index (χ1v) is 7.70. The lowest BCUT2D eigenvalue weighted by Gasteiger charge is -2.24. The fourth-order valence-corrected chi connectivity index (χ4v) is 3.18. The highest BCUT2D eigenvalue weighted by atomic mass is 16.1. The van der Waals surface area contributed by atoms with Gasteiger partial charge in [0.05, 0.1) is 5.39 Å². The molecule has 0 saturated carbocycles. The molecular weight excluding hydrogens is 290 g/mol. The first-order valence-electron chi connectivity index (χ1n) is 7.70.